The van der Waals surface area contributed by atoms with Crippen LogP contribution >= 0.6 is 0 Å². The van der Waals surface area contributed by atoms with Crippen LogP contribution < -0.4 is 20.1 Å². The lowest BCUT2D eigenvalue weighted by Gasteiger charge is -2.12. The highest BCUT2D eigenvalue weighted by molar-refractivity contribution is 5.95. The summed E-state index contributed by atoms with van der Waals surface area (Å²) in [5.41, 5.74) is 2.15. The lowest BCUT2D eigenvalue weighted by atomic mass is 10.1. The first kappa shape index (κ1) is 19.1. The highest BCUT2D eigenvalue weighted by Gasteiger charge is 2.09. The molecule has 0 saturated carbocycles. The van der Waals surface area contributed by atoms with Gasteiger partial charge in [0.15, 0.2) is 18.1 Å². The second-order valence-electron chi connectivity index (χ2n) is 5.47. The number of hydrogen-bond acceptors (Lipinski definition) is 4. The topological polar surface area (TPSA) is 76.7 Å². The zero-order valence-corrected chi connectivity index (χ0v) is 14.9. The fraction of sp³-hybridized carbons (Fsp3) is 0.200. The van der Waals surface area contributed by atoms with Crippen molar-refractivity contribution in [3.63, 3.8) is 0 Å². The molecule has 2 aromatic rings. The van der Waals surface area contributed by atoms with Gasteiger partial charge in [-0.25, -0.2) is 0 Å². The summed E-state index contributed by atoms with van der Waals surface area (Å²) in [4.78, 5) is 23.6. The predicted molar refractivity (Wildman–Crippen MR) is 101 cm³/mol. The first-order valence-corrected chi connectivity index (χ1v) is 8.10. The number of amides is 2. The van der Waals surface area contributed by atoms with Crippen molar-refractivity contribution in [1.29, 1.82) is 0 Å². The predicted octanol–water partition coefficient (Wildman–Crippen LogP) is 2.80. The van der Waals surface area contributed by atoms with Crippen LogP contribution in [0.3, 0.4) is 0 Å². The molecular weight excluding hydrogens is 332 g/mol. The Morgan fingerprint density at radius 2 is 1.85 bits per heavy atom. The SMILES string of the molecule is C=CCc1ccc(OCC(=O)Nc2ccc(C(=O)NC)cc2)c(OC)c1. The number of nitrogens with one attached hydrogen (secondary N) is 2. The number of hydrogen-bond donors (Lipinski definition) is 2. The maximum Gasteiger partial charge on any atom is 0.262 e. The molecule has 6 nitrogen and oxygen atoms in total. The van der Waals surface area contributed by atoms with Gasteiger partial charge in [-0.1, -0.05) is 12.1 Å². The normalized spacial score (nSPS) is 9.92. The largest absolute Gasteiger partial charge is 0.493 e. The Hall–Kier alpha value is -3.28. The van der Waals surface area contributed by atoms with Crippen LogP contribution in [0, 0.1) is 0 Å². The Balaban J connectivity index is 1.94. The fourth-order valence-electron chi connectivity index (χ4n) is 2.31. The van der Waals surface area contributed by atoms with Crippen molar-refractivity contribution in [3.05, 3.63) is 66.2 Å². The van der Waals surface area contributed by atoms with E-state index in [9.17, 15) is 9.59 Å². The van der Waals surface area contributed by atoms with E-state index in [4.69, 9.17) is 9.47 Å². The van der Waals surface area contributed by atoms with Crippen molar-refractivity contribution >= 4 is 17.5 Å². The number of rotatable bonds is 8. The van der Waals surface area contributed by atoms with Crippen LogP contribution in [0.4, 0.5) is 5.69 Å². The maximum absolute atomic E-state index is 12.1. The molecular formula is C20H22N2O4. The molecule has 6 heteroatoms. The number of allylic oxidation sites excluding steroid dienone is 1. The van der Waals surface area contributed by atoms with Crippen LogP contribution in [0.15, 0.2) is 55.1 Å². The summed E-state index contributed by atoms with van der Waals surface area (Å²) in [6, 6.07) is 12.1. The lowest BCUT2D eigenvalue weighted by molar-refractivity contribution is -0.118. The first-order chi connectivity index (χ1) is 12.6. The Morgan fingerprint density at radius 3 is 2.46 bits per heavy atom. The molecule has 0 spiro atoms. The van der Waals surface area contributed by atoms with Gasteiger partial charge in [-0.05, 0) is 48.4 Å². The highest BCUT2D eigenvalue weighted by atomic mass is 16.5. The van der Waals surface area contributed by atoms with Gasteiger partial charge < -0.3 is 20.1 Å². The number of carbonyl (C=O) groups excluding carboxylic acids is 2. The third kappa shape index (κ3) is 5.11. The van der Waals surface area contributed by atoms with E-state index in [-0.39, 0.29) is 18.4 Å². The van der Waals surface area contributed by atoms with Crippen LogP contribution in [0.25, 0.3) is 0 Å². The Kier molecular flexibility index (Phi) is 6.79. The average molecular weight is 354 g/mol. The smallest absolute Gasteiger partial charge is 0.262 e. The minimum Gasteiger partial charge on any atom is -0.493 e. The second-order valence-corrected chi connectivity index (χ2v) is 5.47. The van der Waals surface area contributed by atoms with Crippen LogP contribution in [0.5, 0.6) is 11.5 Å². The molecule has 0 unspecified atom stereocenters. The van der Waals surface area contributed by atoms with Crippen LogP contribution in [0.1, 0.15) is 15.9 Å². The van der Waals surface area contributed by atoms with Gasteiger partial charge in [0.2, 0.25) is 0 Å². The zero-order valence-electron chi connectivity index (χ0n) is 14.9. The molecule has 0 fully saturated rings. The van der Waals surface area contributed by atoms with Crippen molar-refractivity contribution in [2.45, 2.75) is 6.42 Å². The van der Waals surface area contributed by atoms with Gasteiger partial charge in [-0.2, -0.15) is 0 Å². The van der Waals surface area contributed by atoms with E-state index in [2.05, 4.69) is 17.2 Å². The molecule has 0 aliphatic heterocycles. The Bertz CT molecular complexity index is 785. The number of carbonyl (C=O) groups is 2. The van der Waals surface area contributed by atoms with Crippen molar-refractivity contribution in [1.82, 2.24) is 5.32 Å². The van der Waals surface area contributed by atoms with Crippen molar-refractivity contribution in [3.8, 4) is 11.5 Å². The van der Waals surface area contributed by atoms with Gasteiger partial charge >= 0.3 is 0 Å². The van der Waals surface area contributed by atoms with Crippen LogP contribution in [-0.2, 0) is 11.2 Å². The summed E-state index contributed by atoms with van der Waals surface area (Å²) >= 11 is 0. The molecule has 0 radical (unpaired) electrons. The molecule has 0 bridgehead atoms. The molecule has 2 amide bonds. The average Bonchev–Trinajstić information content (AvgIpc) is 2.67. The number of ether oxygens (including phenoxy) is 2. The van der Waals surface area contributed by atoms with Crippen LogP contribution in [-0.4, -0.2) is 32.6 Å². The Morgan fingerprint density at radius 1 is 1.12 bits per heavy atom. The molecule has 136 valence electrons. The third-order valence-corrected chi connectivity index (χ3v) is 3.62. The number of anilines is 1. The molecule has 0 saturated heterocycles. The van der Waals surface area contributed by atoms with Gasteiger partial charge in [0, 0.05) is 18.3 Å². The van der Waals surface area contributed by atoms with Crippen LogP contribution in [0.2, 0.25) is 0 Å². The summed E-state index contributed by atoms with van der Waals surface area (Å²) in [7, 11) is 3.11. The van der Waals surface area contributed by atoms with Gasteiger partial charge in [-0.3, -0.25) is 9.59 Å². The van der Waals surface area contributed by atoms with Gasteiger partial charge in [0.05, 0.1) is 7.11 Å². The highest BCUT2D eigenvalue weighted by Crippen LogP contribution is 2.28. The zero-order chi connectivity index (χ0) is 18.9. The number of methoxy groups -OCH3 is 1. The molecule has 2 N–H and O–H groups in total. The minimum atomic E-state index is -0.310. The standard InChI is InChI=1S/C20H22N2O4/c1-4-5-14-6-11-17(18(12-14)25-3)26-13-19(23)22-16-9-7-15(8-10-16)20(24)21-2/h4,6-12H,1,5,13H2,2-3H3,(H,21,24)(H,22,23). The quantitative estimate of drug-likeness (QED) is 0.715. The van der Waals surface area contributed by atoms with Crippen molar-refractivity contribution < 1.29 is 19.1 Å². The monoisotopic (exact) mass is 354 g/mol. The molecule has 0 aromatic heterocycles. The van der Waals surface area contributed by atoms with E-state index in [0.29, 0.717) is 22.7 Å². The third-order valence-electron chi connectivity index (χ3n) is 3.62. The molecule has 2 rings (SSSR count). The molecule has 0 aliphatic carbocycles. The molecule has 0 heterocycles. The fourth-order valence-corrected chi connectivity index (χ4v) is 2.31. The van der Waals surface area contributed by atoms with E-state index in [1.165, 1.54) is 0 Å². The van der Waals surface area contributed by atoms with Gasteiger partial charge in [0.25, 0.3) is 11.8 Å². The van der Waals surface area contributed by atoms with Crippen molar-refractivity contribution in [2.75, 3.05) is 26.1 Å². The summed E-state index contributed by atoms with van der Waals surface area (Å²) in [5, 5.41) is 5.25. The minimum absolute atomic E-state index is 0.158. The second kappa shape index (κ2) is 9.27. The first-order valence-electron chi connectivity index (χ1n) is 8.10. The van der Waals surface area contributed by atoms with Crippen molar-refractivity contribution in [2.24, 2.45) is 0 Å². The molecule has 2 aromatic carbocycles. The van der Waals surface area contributed by atoms with Gasteiger partial charge in [0.1, 0.15) is 0 Å². The molecule has 26 heavy (non-hydrogen) atoms. The summed E-state index contributed by atoms with van der Waals surface area (Å²) in [6.45, 7) is 3.55. The van der Waals surface area contributed by atoms with Gasteiger partial charge in [-0.15, -0.1) is 6.58 Å². The van der Waals surface area contributed by atoms with E-state index >= 15 is 0 Å². The summed E-state index contributed by atoms with van der Waals surface area (Å²) in [6.07, 6.45) is 2.53. The molecule has 0 aliphatic rings. The van der Waals surface area contributed by atoms with E-state index in [1.54, 1.807) is 50.6 Å². The number of benzene rings is 2. The van der Waals surface area contributed by atoms with E-state index < -0.39 is 0 Å². The summed E-state index contributed by atoms with van der Waals surface area (Å²) < 4.78 is 10.8. The Labute approximate surface area is 152 Å². The maximum atomic E-state index is 12.1. The van der Waals surface area contributed by atoms with E-state index in [0.717, 1.165) is 12.0 Å². The summed E-state index contributed by atoms with van der Waals surface area (Å²) in [5.74, 6) is 0.561. The van der Waals surface area contributed by atoms with E-state index in [1.807, 2.05) is 12.1 Å². The molecule has 0 atom stereocenters. The lowest BCUT2D eigenvalue weighted by Crippen LogP contribution is -2.21.